The van der Waals surface area contributed by atoms with E-state index in [2.05, 4.69) is 4.98 Å². The number of aryl methyl sites for hydroxylation is 1. The van der Waals surface area contributed by atoms with Gasteiger partial charge in [-0.1, -0.05) is 6.07 Å². The van der Waals surface area contributed by atoms with Gasteiger partial charge in [0, 0.05) is 12.4 Å². The molecule has 0 aliphatic carbocycles. The van der Waals surface area contributed by atoms with Gasteiger partial charge in [-0.15, -0.1) is 0 Å². The molecule has 19 heavy (non-hydrogen) atoms. The summed E-state index contributed by atoms with van der Waals surface area (Å²) in [5.74, 6) is -1.91. The molecule has 0 fully saturated rings. The molecular formula is C14H19NO4. The van der Waals surface area contributed by atoms with Crippen LogP contribution in [-0.2, 0) is 25.5 Å². The van der Waals surface area contributed by atoms with Crippen molar-refractivity contribution in [3.05, 3.63) is 30.1 Å². The number of nitrogens with zero attached hydrogens (tertiary/aromatic N) is 1. The Balaban J connectivity index is 2.63. The quantitative estimate of drug-likeness (QED) is 0.555. The van der Waals surface area contributed by atoms with Crippen molar-refractivity contribution < 1.29 is 19.1 Å². The van der Waals surface area contributed by atoms with Gasteiger partial charge in [-0.05, 0) is 38.3 Å². The summed E-state index contributed by atoms with van der Waals surface area (Å²) >= 11 is 0. The molecule has 5 heteroatoms. The van der Waals surface area contributed by atoms with Gasteiger partial charge in [0.2, 0.25) is 0 Å². The van der Waals surface area contributed by atoms with E-state index in [1.54, 1.807) is 26.2 Å². The van der Waals surface area contributed by atoms with Gasteiger partial charge in [0.1, 0.15) is 0 Å². The Morgan fingerprint density at radius 3 is 2.32 bits per heavy atom. The minimum absolute atomic E-state index is 0.252. The summed E-state index contributed by atoms with van der Waals surface area (Å²) in [5, 5.41) is 0. The number of esters is 2. The smallest absolute Gasteiger partial charge is 0.320 e. The number of aromatic nitrogens is 1. The van der Waals surface area contributed by atoms with Crippen LogP contribution in [0.4, 0.5) is 0 Å². The fourth-order valence-corrected chi connectivity index (χ4v) is 1.67. The molecule has 1 rings (SSSR count). The van der Waals surface area contributed by atoms with E-state index in [1.165, 1.54) is 0 Å². The lowest BCUT2D eigenvalue weighted by molar-refractivity contribution is -0.161. The monoisotopic (exact) mass is 265 g/mol. The zero-order valence-corrected chi connectivity index (χ0v) is 11.3. The molecule has 1 heterocycles. The molecule has 0 N–H and O–H groups in total. The molecule has 0 aromatic carbocycles. The molecule has 0 aliphatic rings. The highest BCUT2D eigenvalue weighted by Crippen LogP contribution is 2.13. The summed E-state index contributed by atoms with van der Waals surface area (Å²) in [6.07, 6.45) is 4.34. The SMILES string of the molecule is CCOC(=O)C(CCc1cccnc1)C(=O)OCC. The van der Waals surface area contributed by atoms with Gasteiger partial charge < -0.3 is 9.47 Å². The number of hydrogen-bond acceptors (Lipinski definition) is 5. The standard InChI is InChI=1S/C14H19NO4/c1-3-18-13(16)12(14(17)19-4-2)8-7-11-6-5-9-15-10-11/h5-6,9-10,12H,3-4,7-8H2,1-2H3. The highest BCUT2D eigenvalue weighted by atomic mass is 16.6. The third kappa shape index (κ3) is 5.07. The molecule has 0 saturated heterocycles. The maximum absolute atomic E-state index is 11.7. The first-order valence-electron chi connectivity index (χ1n) is 6.41. The summed E-state index contributed by atoms with van der Waals surface area (Å²) in [6, 6.07) is 3.72. The average Bonchev–Trinajstić information content (AvgIpc) is 2.41. The highest BCUT2D eigenvalue weighted by Gasteiger charge is 2.28. The Morgan fingerprint density at radius 2 is 1.84 bits per heavy atom. The maximum Gasteiger partial charge on any atom is 0.320 e. The Morgan fingerprint density at radius 1 is 1.21 bits per heavy atom. The summed E-state index contributed by atoms with van der Waals surface area (Å²) in [5.41, 5.74) is 0.973. The summed E-state index contributed by atoms with van der Waals surface area (Å²) in [7, 11) is 0. The van der Waals surface area contributed by atoms with Crippen LogP contribution in [0, 0.1) is 5.92 Å². The number of pyridine rings is 1. The van der Waals surface area contributed by atoms with Crippen LogP contribution in [0.2, 0.25) is 0 Å². The minimum atomic E-state index is -0.861. The molecule has 0 saturated carbocycles. The fraction of sp³-hybridized carbons (Fsp3) is 0.500. The molecule has 0 amide bonds. The van der Waals surface area contributed by atoms with E-state index >= 15 is 0 Å². The molecular weight excluding hydrogens is 246 g/mol. The fourth-order valence-electron chi connectivity index (χ4n) is 1.67. The topological polar surface area (TPSA) is 65.5 Å². The summed E-state index contributed by atoms with van der Waals surface area (Å²) < 4.78 is 9.81. The van der Waals surface area contributed by atoms with Gasteiger partial charge in [-0.25, -0.2) is 0 Å². The lowest BCUT2D eigenvalue weighted by atomic mass is 10.0. The lowest BCUT2D eigenvalue weighted by Gasteiger charge is -2.14. The average molecular weight is 265 g/mol. The van der Waals surface area contributed by atoms with Crippen molar-refractivity contribution in [2.45, 2.75) is 26.7 Å². The lowest BCUT2D eigenvalue weighted by Crippen LogP contribution is -2.28. The van der Waals surface area contributed by atoms with Gasteiger partial charge in [0.25, 0.3) is 0 Å². The summed E-state index contributed by atoms with van der Waals surface area (Å²) in [4.78, 5) is 27.5. The van der Waals surface area contributed by atoms with Crippen LogP contribution in [0.5, 0.6) is 0 Å². The van der Waals surface area contributed by atoms with E-state index in [0.29, 0.717) is 12.8 Å². The number of carbonyl (C=O) groups is 2. The van der Waals surface area contributed by atoms with Crippen LogP contribution in [0.3, 0.4) is 0 Å². The van der Waals surface area contributed by atoms with Crippen molar-refractivity contribution in [1.29, 1.82) is 0 Å². The molecule has 0 spiro atoms. The van der Waals surface area contributed by atoms with Crippen LogP contribution < -0.4 is 0 Å². The third-order valence-electron chi connectivity index (χ3n) is 2.59. The predicted octanol–water partition coefficient (Wildman–Crippen LogP) is 1.76. The Bertz CT molecular complexity index is 387. The van der Waals surface area contributed by atoms with Crippen molar-refractivity contribution in [2.24, 2.45) is 5.92 Å². The highest BCUT2D eigenvalue weighted by molar-refractivity contribution is 5.94. The van der Waals surface area contributed by atoms with Crippen molar-refractivity contribution in [3.63, 3.8) is 0 Å². The van der Waals surface area contributed by atoms with Crippen molar-refractivity contribution in [2.75, 3.05) is 13.2 Å². The van der Waals surface area contributed by atoms with Crippen molar-refractivity contribution >= 4 is 11.9 Å². The normalized spacial score (nSPS) is 10.3. The molecule has 5 nitrogen and oxygen atoms in total. The molecule has 0 bridgehead atoms. The molecule has 1 aromatic rings. The second-order valence-electron chi connectivity index (χ2n) is 3.96. The molecule has 104 valence electrons. The largest absolute Gasteiger partial charge is 0.465 e. The number of carbonyl (C=O) groups excluding carboxylic acids is 2. The second-order valence-corrected chi connectivity index (χ2v) is 3.96. The Labute approximate surface area is 112 Å². The first-order chi connectivity index (χ1) is 9.19. The summed E-state index contributed by atoms with van der Waals surface area (Å²) in [6.45, 7) is 3.92. The first kappa shape index (κ1) is 15.1. The molecule has 0 atom stereocenters. The van der Waals surface area contributed by atoms with E-state index in [9.17, 15) is 9.59 Å². The molecule has 0 radical (unpaired) electrons. The Hall–Kier alpha value is -1.91. The first-order valence-corrected chi connectivity index (χ1v) is 6.41. The van der Waals surface area contributed by atoms with Crippen molar-refractivity contribution in [1.82, 2.24) is 4.98 Å². The van der Waals surface area contributed by atoms with E-state index in [0.717, 1.165) is 5.56 Å². The second kappa shape index (κ2) is 8.24. The molecule has 1 aromatic heterocycles. The Kier molecular flexibility index (Phi) is 6.57. The van der Waals surface area contributed by atoms with Gasteiger partial charge in [-0.3, -0.25) is 14.6 Å². The van der Waals surface area contributed by atoms with E-state index in [1.807, 2.05) is 12.1 Å². The molecule has 0 aliphatic heterocycles. The van der Waals surface area contributed by atoms with E-state index in [-0.39, 0.29) is 13.2 Å². The van der Waals surface area contributed by atoms with Crippen LogP contribution in [0.15, 0.2) is 24.5 Å². The van der Waals surface area contributed by atoms with Gasteiger partial charge in [-0.2, -0.15) is 0 Å². The predicted molar refractivity (Wildman–Crippen MR) is 69.3 cm³/mol. The maximum atomic E-state index is 11.7. The van der Waals surface area contributed by atoms with Gasteiger partial charge in [0.05, 0.1) is 13.2 Å². The molecule has 0 unspecified atom stereocenters. The van der Waals surface area contributed by atoms with Crippen LogP contribution in [0.1, 0.15) is 25.8 Å². The zero-order chi connectivity index (χ0) is 14.1. The third-order valence-corrected chi connectivity index (χ3v) is 2.59. The van der Waals surface area contributed by atoms with Gasteiger partial charge in [0.15, 0.2) is 5.92 Å². The van der Waals surface area contributed by atoms with Crippen LogP contribution in [-0.4, -0.2) is 30.1 Å². The zero-order valence-electron chi connectivity index (χ0n) is 11.3. The van der Waals surface area contributed by atoms with E-state index < -0.39 is 17.9 Å². The minimum Gasteiger partial charge on any atom is -0.465 e. The van der Waals surface area contributed by atoms with Gasteiger partial charge >= 0.3 is 11.9 Å². The number of ether oxygens (including phenoxy) is 2. The van der Waals surface area contributed by atoms with E-state index in [4.69, 9.17) is 9.47 Å². The number of rotatable bonds is 7. The van der Waals surface area contributed by atoms with Crippen LogP contribution >= 0.6 is 0 Å². The van der Waals surface area contributed by atoms with Crippen molar-refractivity contribution in [3.8, 4) is 0 Å². The number of hydrogen-bond donors (Lipinski definition) is 0. The van der Waals surface area contributed by atoms with Crippen LogP contribution in [0.25, 0.3) is 0 Å².